The predicted molar refractivity (Wildman–Crippen MR) is 50.6 cm³/mol. The molecule has 0 fully saturated rings. The molecule has 0 aliphatic heterocycles. The van der Waals surface area contributed by atoms with E-state index in [0.29, 0.717) is 0 Å². The van der Waals surface area contributed by atoms with Crippen LogP contribution < -0.4 is 5.56 Å². The monoisotopic (exact) mass is 165 g/mol. The first-order valence-corrected chi connectivity index (χ1v) is 4.10. The van der Waals surface area contributed by atoms with Crippen molar-refractivity contribution >= 4 is 0 Å². The molecule has 1 rings (SSSR count). The molecule has 0 radical (unpaired) electrons. The Balaban J connectivity index is 3.73. The van der Waals surface area contributed by atoms with Crippen molar-refractivity contribution < 1.29 is 0 Å². The molecule has 0 aliphatic rings. The lowest BCUT2D eigenvalue weighted by Crippen LogP contribution is -2.23. The number of rotatable bonds is 0. The zero-order valence-corrected chi connectivity index (χ0v) is 8.36. The zero-order chi connectivity index (χ0) is 9.46. The lowest BCUT2D eigenvalue weighted by Gasteiger charge is -2.11. The molecule has 0 saturated carbocycles. The van der Waals surface area contributed by atoms with Gasteiger partial charge in [-0.1, -0.05) is 0 Å². The van der Waals surface area contributed by atoms with Crippen molar-refractivity contribution in [3.8, 4) is 0 Å². The third kappa shape index (κ3) is 1.07. The summed E-state index contributed by atoms with van der Waals surface area (Å²) in [6, 6.07) is 0. The smallest absolute Gasteiger partial charge is 0.253 e. The molecule has 0 unspecified atom stereocenters. The van der Waals surface area contributed by atoms with E-state index in [1.54, 1.807) is 4.57 Å². The Labute approximate surface area is 72.8 Å². The summed E-state index contributed by atoms with van der Waals surface area (Å²) in [6.45, 7) is 7.91. The zero-order valence-electron chi connectivity index (χ0n) is 8.36. The Morgan fingerprint density at radius 2 is 1.42 bits per heavy atom. The molecular weight excluding hydrogens is 150 g/mol. The average Bonchev–Trinajstić information content (AvgIpc) is 2.08. The van der Waals surface area contributed by atoms with Gasteiger partial charge < -0.3 is 4.57 Å². The summed E-state index contributed by atoms with van der Waals surface area (Å²) in [7, 11) is 1.82. The summed E-state index contributed by atoms with van der Waals surface area (Å²) < 4.78 is 1.71. The van der Waals surface area contributed by atoms with Gasteiger partial charge in [-0.25, -0.2) is 0 Å². The van der Waals surface area contributed by atoms with E-state index in [4.69, 9.17) is 0 Å². The quantitative estimate of drug-likeness (QED) is 0.572. The molecule has 12 heavy (non-hydrogen) atoms. The van der Waals surface area contributed by atoms with E-state index in [1.807, 2.05) is 27.8 Å². The molecule has 0 saturated heterocycles. The van der Waals surface area contributed by atoms with Crippen LogP contribution in [0.25, 0.3) is 0 Å². The lowest BCUT2D eigenvalue weighted by molar-refractivity contribution is 0.792. The topological polar surface area (TPSA) is 22.0 Å². The number of aromatic nitrogens is 1. The molecule has 0 spiro atoms. The Bertz CT molecular complexity index is 342. The summed E-state index contributed by atoms with van der Waals surface area (Å²) in [5.41, 5.74) is 4.38. The van der Waals surface area contributed by atoms with Crippen molar-refractivity contribution in [2.24, 2.45) is 7.05 Å². The molecule has 2 nitrogen and oxygen atoms in total. The van der Waals surface area contributed by atoms with E-state index in [9.17, 15) is 4.79 Å². The summed E-state index contributed by atoms with van der Waals surface area (Å²) in [5.74, 6) is 0. The van der Waals surface area contributed by atoms with Gasteiger partial charge in [-0.3, -0.25) is 4.79 Å². The van der Waals surface area contributed by atoms with Gasteiger partial charge in [0.05, 0.1) is 0 Å². The van der Waals surface area contributed by atoms with Crippen molar-refractivity contribution in [2.75, 3.05) is 0 Å². The molecule has 1 aromatic heterocycles. The van der Waals surface area contributed by atoms with Gasteiger partial charge in [0.25, 0.3) is 5.56 Å². The average molecular weight is 165 g/mol. The Morgan fingerprint density at radius 1 is 0.917 bits per heavy atom. The van der Waals surface area contributed by atoms with Gasteiger partial charge >= 0.3 is 0 Å². The van der Waals surface area contributed by atoms with Gasteiger partial charge in [-0.05, 0) is 38.8 Å². The van der Waals surface area contributed by atoms with E-state index >= 15 is 0 Å². The summed E-state index contributed by atoms with van der Waals surface area (Å²) in [5, 5.41) is 0. The maximum Gasteiger partial charge on any atom is 0.253 e. The molecule has 1 aromatic rings. The fourth-order valence-electron chi connectivity index (χ4n) is 1.37. The van der Waals surface area contributed by atoms with E-state index in [-0.39, 0.29) is 5.56 Å². The summed E-state index contributed by atoms with van der Waals surface area (Å²) in [4.78, 5) is 11.5. The highest BCUT2D eigenvalue weighted by atomic mass is 16.1. The normalized spacial score (nSPS) is 10.4. The molecule has 0 aromatic carbocycles. The molecule has 1 heterocycles. The van der Waals surface area contributed by atoms with Gasteiger partial charge in [0.1, 0.15) is 0 Å². The van der Waals surface area contributed by atoms with Crippen LogP contribution in [-0.2, 0) is 7.05 Å². The number of pyridine rings is 1. The fourth-order valence-corrected chi connectivity index (χ4v) is 1.37. The third-order valence-electron chi connectivity index (χ3n) is 2.80. The van der Waals surface area contributed by atoms with Gasteiger partial charge in [0.15, 0.2) is 0 Å². The Hall–Kier alpha value is -1.05. The van der Waals surface area contributed by atoms with E-state index in [2.05, 4.69) is 6.92 Å². The van der Waals surface area contributed by atoms with Crippen LogP contribution >= 0.6 is 0 Å². The Morgan fingerprint density at radius 3 is 1.92 bits per heavy atom. The first-order valence-electron chi connectivity index (χ1n) is 4.10. The van der Waals surface area contributed by atoms with E-state index in [0.717, 1.165) is 16.8 Å². The highest BCUT2D eigenvalue weighted by molar-refractivity contribution is 5.33. The lowest BCUT2D eigenvalue weighted by atomic mass is 10.0. The SMILES string of the molecule is Cc1c(C)c(C)n(C)c(=O)c1C. The van der Waals surface area contributed by atoms with Crippen LogP contribution in [0, 0.1) is 27.7 Å². The van der Waals surface area contributed by atoms with Crippen molar-refractivity contribution in [1.29, 1.82) is 0 Å². The van der Waals surface area contributed by atoms with Crippen LogP contribution in [-0.4, -0.2) is 4.57 Å². The van der Waals surface area contributed by atoms with Crippen molar-refractivity contribution in [3.63, 3.8) is 0 Å². The van der Waals surface area contributed by atoms with Crippen LogP contribution in [0.15, 0.2) is 4.79 Å². The van der Waals surface area contributed by atoms with Crippen LogP contribution in [0.1, 0.15) is 22.4 Å². The number of nitrogens with zero attached hydrogens (tertiary/aromatic N) is 1. The number of hydrogen-bond acceptors (Lipinski definition) is 1. The predicted octanol–water partition coefficient (Wildman–Crippen LogP) is 1.62. The van der Waals surface area contributed by atoms with Crippen molar-refractivity contribution in [3.05, 3.63) is 32.7 Å². The van der Waals surface area contributed by atoms with Gasteiger partial charge in [0.2, 0.25) is 0 Å². The molecule has 0 N–H and O–H groups in total. The van der Waals surface area contributed by atoms with Crippen molar-refractivity contribution in [1.82, 2.24) is 4.57 Å². The molecule has 0 bridgehead atoms. The van der Waals surface area contributed by atoms with Crippen LogP contribution in [0.4, 0.5) is 0 Å². The van der Waals surface area contributed by atoms with Gasteiger partial charge in [0, 0.05) is 18.3 Å². The van der Waals surface area contributed by atoms with E-state index in [1.165, 1.54) is 5.56 Å². The third-order valence-corrected chi connectivity index (χ3v) is 2.80. The van der Waals surface area contributed by atoms with Crippen LogP contribution in [0.2, 0.25) is 0 Å². The summed E-state index contributed by atoms with van der Waals surface area (Å²) in [6.07, 6.45) is 0. The van der Waals surface area contributed by atoms with Crippen molar-refractivity contribution in [2.45, 2.75) is 27.7 Å². The van der Waals surface area contributed by atoms with Gasteiger partial charge in [-0.2, -0.15) is 0 Å². The van der Waals surface area contributed by atoms with Gasteiger partial charge in [-0.15, -0.1) is 0 Å². The maximum atomic E-state index is 11.5. The minimum absolute atomic E-state index is 0.121. The minimum Gasteiger partial charge on any atom is -0.316 e. The van der Waals surface area contributed by atoms with Crippen LogP contribution in [0.5, 0.6) is 0 Å². The first-order chi connectivity index (χ1) is 5.46. The standard InChI is InChI=1S/C10H15NO/c1-6-7(2)9(4)11(5)10(12)8(6)3/h1-5H3. The highest BCUT2D eigenvalue weighted by Gasteiger charge is 2.07. The largest absolute Gasteiger partial charge is 0.316 e. The van der Waals surface area contributed by atoms with E-state index < -0.39 is 0 Å². The molecule has 0 aliphatic carbocycles. The molecular formula is C10H15NO. The highest BCUT2D eigenvalue weighted by Crippen LogP contribution is 2.11. The van der Waals surface area contributed by atoms with Crippen LogP contribution in [0.3, 0.4) is 0 Å². The second-order valence-electron chi connectivity index (χ2n) is 3.32. The number of hydrogen-bond donors (Lipinski definition) is 0. The Kier molecular flexibility index (Phi) is 2.09. The minimum atomic E-state index is 0.121. The molecule has 66 valence electrons. The first kappa shape index (κ1) is 9.04. The second kappa shape index (κ2) is 2.77. The molecule has 0 amide bonds. The summed E-state index contributed by atoms with van der Waals surface area (Å²) >= 11 is 0. The molecule has 0 atom stereocenters. The second-order valence-corrected chi connectivity index (χ2v) is 3.32. The molecule has 2 heteroatoms. The maximum absolute atomic E-state index is 11.5. The fraction of sp³-hybridized carbons (Fsp3) is 0.500.